The quantitative estimate of drug-likeness (QED) is 0.714. The number of carbonyl (C=O) groups is 1. The number of nitrogens with one attached hydrogen (secondary N) is 1. The fourth-order valence-electron chi connectivity index (χ4n) is 3.48. The minimum Gasteiger partial charge on any atom is -0.393 e. The number of carbonyl (C=O) groups excluding carboxylic acids is 1. The highest BCUT2D eigenvalue weighted by molar-refractivity contribution is 5.72. The summed E-state index contributed by atoms with van der Waals surface area (Å²) in [6.45, 7) is 3.25. The molecule has 3 atom stereocenters. The third-order valence-electron chi connectivity index (χ3n) is 4.58. The zero-order valence-corrected chi connectivity index (χ0v) is 11.8. The minimum absolute atomic E-state index is 0.144. The van der Waals surface area contributed by atoms with Crippen LogP contribution in [0.3, 0.4) is 0 Å². The minimum atomic E-state index is -0.369. The molecule has 0 radical (unpaired) electrons. The number of nitrogens with zero attached hydrogens (tertiary/aromatic N) is 1. The van der Waals surface area contributed by atoms with Gasteiger partial charge in [0.1, 0.15) is 0 Å². The molecule has 1 heterocycles. The van der Waals surface area contributed by atoms with Crippen LogP contribution in [-0.4, -0.2) is 47.3 Å². The van der Waals surface area contributed by atoms with E-state index in [0.29, 0.717) is 19.1 Å². The summed E-state index contributed by atoms with van der Waals surface area (Å²) in [6, 6.07) is 0.485. The van der Waals surface area contributed by atoms with Crippen molar-refractivity contribution in [1.29, 1.82) is 0 Å². The van der Waals surface area contributed by atoms with Gasteiger partial charge in [-0.3, -0.25) is 0 Å². The second-order valence-corrected chi connectivity index (χ2v) is 6.06. The average molecular weight is 269 g/mol. The normalized spacial score (nSPS) is 30.5. The third-order valence-corrected chi connectivity index (χ3v) is 4.58. The number of aliphatic hydroxyl groups excluding tert-OH is 1. The molecule has 3 unspecified atom stereocenters. The van der Waals surface area contributed by atoms with E-state index in [9.17, 15) is 9.90 Å². The average Bonchev–Trinajstić information content (AvgIpc) is 2.90. The first-order valence-electron chi connectivity index (χ1n) is 7.58. The Kier molecular flexibility index (Phi) is 5.05. The van der Waals surface area contributed by atoms with Crippen LogP contribution in [0.25, 0.3) is 0 Å². The third kappa shape index (κ3) is 3.83. The molecule has 0 bridgehead atoms. The van der Waals surface area contributed by atoms with E-state index >= 15 is 0 Å². The maximum absolute atomic E-state index is 11.4. The van der Waals surface area contributed by atoms with E-state index in [1.54, 1.807) is 4.90 Å². The molecule has 0 aromatic carbocycles. The fourth-order valence-corrected chi connectivity index (χ4v) is 3.48. The Morgan fingerprint density at radius 3 is 2.63 bits per heavy atom. The van der Waals surface area contributed by atoms with Gasteiger partial charge in [0.05, 0.1) is 6.10 Å². The highest BCUT2D eigenvalue weighted by Gasteiger charge is 2.33. The van der Waals surface area contributed by atoms with Crippen LogP contribution in [0.5, 0.6) is 0 Å². The fraction of sp³-hybridized carbons (Fsp3) is 0.929. The molecule has 19 heavy (non-hydrogen) atoms. The first kappa shape index (κ1) is 14.6. The van der Waals surface area contributed by atoms with Gasteiger partial charge in [0.2, 0.25) is 0 Å². The van der Waals surface area contributed by atoms with E-state index in [2.05, 4.69) is 5.32 Å². The predicted molar refractivity (Wildman–Crippen MR) is 74.7 cm³/mol. The molecule has 1 saturated heterocycles. The highest BCUT2D eigenvalue weighted by Crippen LogP contribution is 2.24. The first-order valence-corrected chi connectivity index (χ1v) is 7.58. The number of likely N-dealkylation sites (tertiary alicyclic amines) is 1. The molecule has 5 nitrogen and oxygen atoms in total. The molecule has 2 fully saturated rings. The molecular formula is C14H27N3O2. The molecule has 2 rings (SSSR count). The van der Waals surface area contributed by atoms with Crippen molar-refractivity contribution in [3.63, 3.8) is 0 Å². The Bertz CT molecular complexity index is 305. The number of piperidine rings is 1. The Hall–Kier alpha value is -0.810. The van der Waals surface area contributed by atoms with E-state index in [1.807, 2.05) is 6.92 Å². The first-order chi connectivity index (χ1) is 9.10. The van der Waals surface area contributed by atoms with Crippen LogP contribution in [0.2, 0.25) is 0 Å². The van der Waals surface area contributed by atoms with Crippen molar-refractivity contribution in [3.05, 3.63) is 0 Å². The van der Waals surface area contributed by atoms with Gasteiger partial charge in [-0.25, -0.2) is 4.79 Å². The van der Waals surface area contributed by atoms with E-state index < -0.39 is 0 Å². The van der Waals surface area contributed by atoms with Crippen molar-refractivity contribution >= 4 is 6.03 Å². The smallest absolute Gasteiger partial charge is 0.314 e. The van der Waals surface area contributed by atoms with Gasteiger partial charge in [0.15, 0.2) is 0 Å². The van der Waals surface area contributed by atoms with Gasteiger partial charge >= 0.3 is 6.03 Å². The summed E-state index contributed by atoms with van der Waals surface area (Å²) in [7, 11) is 0. The summed E-state index contributed by atoms with van der Waals surface area (Å²) in [5.74, 6) is 0.144. The Balaban J connectivity index is 1.95. The molecule has 2 amide bonds. The van der Waals surface area contributed by atoms with E-state index in [0.717, 1.165) is 12.8 Å². The van der Waals surface area contributed by atoms with Gasteiger partial charge in [-0.05, 0) is 25.7 Å². The largest absolute Gasteiger partial charge is 0.393 e. The van der Waals surface area contributed by atoms with Gasteiger partial charge in [0, 0.05) is 31.1 Å². The van der Waals surface area contributed by atoms with Crippen molar-refractivity contribution < 1.29 is 9.90 Å². The molecule has 1 saturated carbocycles. The molecular weight excluding hydrogens is 242 g/mol. The molecule has 0 spiro atoms. The number of rotatable bonds is 4. The second kappa shape index (κ2) is 6.57. The van der Waals surface area contributed by atoms with Crippen LogP contribution in [0.15, 0.2) is 0 Å². The van der Waals surface area contributed by atoms with Crippen LogP contribution in [0.1, 0.15) is 45.4 Å². The zero-order chi connectivity index (χ0) is 13.8. The Morgan fingerprint density at radius 1 is 1.37 bits per heavy atom. The Labute approximate surface area is 115 Å². The number of primary amides is 1. The lowest BCUT2D eigenvalue weighted by Gasteiger charge is -2.40. The van der Waals surface area contributed by atoms with Crippen LogP contribution in [0.4, 0.5) is 4.79 Å². The monoisotopic (exact) mass is 269 g/mol. The van der Waals surface area contributed by atoms with Crippen LogP contribution in [0, 0.1) is 5.92 Å². The van der Waals surface area contributed by atoms with E-state index in [-0.39, 0.29) is 24.1 Å². The van der Waals surface area contributed by atoms with Crippen molar-refractivity contribution in [3.8, 4) is 0 Å². The number of urea groups is 1. The molecule has 0 aromatic heterocycles. The molecule has 1 aliphatic heterocycles. The summed E-state index contributed by atoms with van der Waals surface area (Å²) in [5.41, 5.74) is 5.42. The van der Waals surface area contributed by atoms with Crippen LogP contribution < -0.4 is 11.1 Å². The van der Waals surface area contributed by atoms with Crippen LogP contribution >= 0.6 is 0 Å². The van der Waals surface area contributed by atoms with Crippen molar-refractivity contribution in [2.24, 2.45) is 11.7 Å². The number of hydrogen-bond donors (Lipinski definition) is 3. The van der Waals surface area contributed by atoms with Gasteiger partial charge in [-0.1, -0.05) is 19.8 Å². The number of hydrogen-bond acceptors (Lipinski definition) is 3. The van der Waals surface area contributed by atoms with Gasteiger partial charge in [0.25, 0.3) is 0 Å². The van der Waals surface area contributed by atoms with Gasteiger partial charge in [-0.15, -0.1) is 0 Å². The summed E-state index contributed by atoms with van der Waals surface area (Å²) < 4.78 is 0. The maximum atomic E-state index is 11.4. The predicted octanol–water partition coefficient (Wildman–Crippen LogP) is 1.06. The molecule has 1 aliphatic carbocycles. The number of aliphatic hydroxyl groups is 1. The molecule has 4 N–H and O–H groups in total. The van der Waals surface area contributed by atoms with Crippen molar-refractivity contribution in [2.75, 3.05) is 13.1 Å². The number of amides is 2. The summed E-state index contributed by atoms with van der Waals surface area (Å²) >= 11 is 0. The number of nitrogens with two attached hydrogens (primary N) is 1. The molecule has 110 valence electrons. The molecule has 5 heteroatoms. The van der Waals surface area contributed by atoms with Crippen molar-refractivity contribution in [1.82, 2.24) is 10.2 Å². The lowest BCUT2D eigenvalue weighted by Crippen LogP contribution is -2.56. The molecule has 0 aromatic rings. The highest BCUT2D eigenvalue weighted by atomic mass is 16.3. The summed E-state index contributed by atoms with van der Waals surface area (Å²) in [4.78, 5) is 13.1. The van der Waals surface area contributed by atoms with Crippen LogP contribution in [-0.2, 0) is 0 Å². The lowest BCUT2D eigenvalue weighted by molar-refractivity contribution is 0.0469. The topological polar surface area (TPSA) is 78.6 Å². The van der Waals surface area contributed by atoms with E-state index in [4.69, 9.17) is 5.73 Å². The summed E-state index contributed by atoms with van der Waals surface area (Å²) in [6.07, 6.45) is 6.38. The zero-order valence-electron chi connectivity index (χ0n) is 11.8. The van der Waals surface area contributed by atoms with Gasteiger partial charge in [-0.2, -0.15) is 0 Å². The maximum Gasteiger partial charge on any atom is 0.314 e. The van der Waals surface area contributed by atoms with Gasteiger partial charge < -0.3 is 21.1 Å². The Morgan fingerprint density at radius 2 is 2.05 bits per heavy atom. The SMILES string of the molecule is CCC(O)C1CC(NC2CCCC2)CN(C(N)=O)C1. The summed E-state index contributed by atoms with van der Waals surface area (Å²) in [5, 5.41) is 13.7. The van der Waals surface area contributed by atoms with Crippen molar-refractivity contribution in [2.45, 2.75) is 63.6 Å². The molecule has 2 aliphatic rings. The lowest BCUT2D eigenvalue weighted by atomic mass is 9.88. The second-order valence-electron chi connectivity index (χ2n) is 6.06. The standard InChI is InChI=1S/C14H27N3O2/c1-2-13(18)10-7-12(9-17(8-10)14(15)19)16-11-5-3-4-6-11/h10-13,16,18H,2-9H2,1H3,(H2,15,19). The van der Waals surface area contributed by atoms with E-state index in [1.165, 1.54) is 25.7 Å².